The van der Waals surface area contributed by atoms with Crippen LogP contribution in [0, 0.1) is 0 Å². The number of ether oxygens (including phenoxy) is 1. The van der Waals surface area contributed by atoms with Gasteiger partial charge in [-0.25, -0.2) is 4.79 Å². The van der Waals surface area contributed by atoms with E-state index in [1.54, 1.807) is 24.5 Å². The summed E-state index contributed by atoms with van der Waals surface area (Å²) in [5.41, 5.74) is 7.13. The van der Waals surface area contributed by atoms with Crippen molar-refractivity contribution in [2.75, 3.05) is 5.73 Å². The minimum absolute atomic E-state index is 0.131. The smallest absolute Gasteiger partial charge is 0.339 e. The van der Waals surface area contributed by atoms with Gasteiger partial charge < -0.3 is 10.5 Å². The van der Waals surface area contributed by atoms with Crippen LogP contribution in [-0.2, 0) is 11.3 Å². The van der Waals surface area contributed by atoms with E-state index < -0.39 is 5.97 Å². The van der Waals surface area contributed by atoms with Crippen molar-refractivity contribution >= 4 is 39.2 Å². The summed E-state index contributed by atoms with van der Waals surface area (Å²) in [6, 6.07) is 6.48. The van der Waals surface area contributed by atoms with Crippen molar-refractivity contribution in [2.24, 2.45) is 0 Å². The van der Waals surface area contributed by atoms with Crippen molar-refractivity contribution in [1.29, 1.82) is 0 Å². The Morgan fingerprint density at radius 3 is 2.84 bits per heavy atom. The van der Waals surface area contributed by atoms with Crippen molar-refractivity contribution in [3.8, 4) is 0 Å². The first kappa shape index (κ1) is 13.8. The molecule has 0 amide bonds. The number of nitrogen functional groups attached to an aromatic ring is 1. The van der Waals surface area contributed by atoms with Crippen LogP contribution in [0.1, 0.15) is 15.9 Å². The number of benzene rings is 1. The number of anilines is 1. The van der Waals surface area contributed by atoms with Gasteiger partial charge in [0.1, 0.15) is 6.61 Å². The largest absolute Gasteiger partial charge is 0.457 e. The Bertz CT molecular complexity index is 619. The molecule has 1 aromatic heterocycles. The molecule has 1 heterocycles. The lowest BCUT2D eigenvalue weighted by Gasteiger charge is -2.07. The number of hydrogen-bond donors (Lipinski definition) is 1. The van der Waals surface area contributed by atoms with Gasteiger partial charge in [0.05, 0.1) is 10.6 Å². The molecule has 0 atom stereocenters. The number of carbonyl (C=O) groups excluding carboxylic acids is 1. The molecule has 4 nitrogen and oxygen atoms in total. The van der Waals surface area contributed by atoms with Gasteiger partial charge in [0.25, 0.3) is 0 Å². The maximum Gasteiger partial charge on any atom is 0.339 e. The highest BCUT2D eigenvalue weighted by Crippen LogP contribution is 2.20. The molecule has 0 saturated carbocycles. The predicted octanol–water partition coefficient (Wildman–Crippen LogP) is 3.44. The number of carbonyl (C=O) groups is 1. The molecule has 19 heavy (non-hydrogen) atoms. The van der Waals surface area contributed by atoms with E-state index in [1.165, 1.54) is 6.07 Å². The van der Waals surface area contributed by atoms with Crippen LogP contribution in [0.5, 0.6) is 0 Å². The van der Waals surface area contributed by atoms with Crippen LogP contribution in [0.4, 0.5) is 5.69 Å². The second-order valence-corrected chi connectivity index (χ2v) is 5.15. The Balaban J connectivity index is 2.05. The number of halogens is 2. The first-order chi connectivity index (χ1) is 9.06. The number of nitrogens with two attached hydrogens (primary N) is 1. The average Bonchev–Trinajstić information content (AvgIpc) is 2.36. The molecule has 0 radical (unpaired) electrons. The van der Waals surface area contributed by atoms with Crippen molar-refractivity contribution in [1.82, 2.24) is 4.98 Å². The van der Waals surface area contributed by atoms with Crippen molar-refractivity contribution in [2.45, 2.75) is 6.61 Å². The molecule has 2 aromatic rings. The third-order valence-electron chi connectivity index (χ3n) is 2.34. The van der Waals surface area contributed by atoms with Gasteiger partial charge >= 0.3 is 5.97 Å². The fourth-order valence-electron chi connectivity index (χ4n) is 1.46. The molecule has 0 saturated heterocycles. The maximum absolute atomic E-state index is 11.9. The zero-order valence-corrected chi connectivity index (χ0v) is 12.1. The van der Waals surface area contributed by atoms with E-state index in [-0.39, 0.29) is 11.6 Å². The van der Waals surface area contributed by atoms with Crippen molar-refractivity contribution in [3.63, 3.8) is 0 Å². The van der Waals surface area contributed by atoms with Crippen LogP contribution in [0.25, 0.3) is 0 Å². The van der Waals surface area contributed by atoms with E-state index in [0.717, 1.165) is 10.0 Å². The standard InChI is InChI=1S/C13H10BrClN2O2/c14-9-3-8(5-17-6-9)7-19-13(18)11-2-1-10(16)4-12(11)15/h1-6H,7,16H2. The fraction of sp³-hybridized carbons (Fsp3) is 0.0769. The third kappa shape index (κ3) is 3.68. The Labute approximate surface area is 123 Å². The normalized spacial score (nSPS) is 10.2. The second-order valence-electron chi connectivity index (χ2n) is 3.83. The Morgan fingerprint density at radius 2 is 2.16 bits per heavy atom. The highest BCUT2D eigenvalue weighted by molar-refractivity contribution is 9.10. The van der Waals surface area contributed by atoms with Crippen LogP contribution in [0.15, 0.2) is 41.1 Å². The van der Waals surface area contributed by atoms with Crippen molar-refractivity contribution < 1.29 is 9.53 Å². The molecular weight excluding hydrogens is 332 g/mol. The van der Waals surface area contributed by atoms with Crippen LogP contribution in [0.3, 0.4) is 0 Å². The summed E-state index contributed by atoms with van der Waals surface area (Å²) in [4.78, 5) is 15.8. The summed E-state index contributed by atoms with van der Waals surface area (Å²) in [5, 5.41) is 0.275. The minimum atomic E-state index is -0.495. The summed E-state index contributed by atoms with van der Waals surface area (Å²) in [7, 11) is 0. The number of rotatable bonds is 3. The lowest BCUT2D eigenvalue weighted by molar-refractivity contribution is 0.0472. The molecule has 2 N–H and O–H groups in total. The maximum atomic E-state index is 11.9. The van der Waals surface area contributed by atoms with E-state index in [1.807, 2.05) is 6.07 Å². The minimum Gasteiger partial charge on any atom is -0.457 e. The molecule has 0 aliphatic carbocycles. The third-order valence-corrected chi connectivity index (χ3v) is 3.09. The lowest BCUT2D eigenvalue weighted by Crippen LogP contribution is -2.06. The average molecular weight is 342 g/mol. The van der Waals surface area contributed by atoms with E-state index in [0.29, 0.717) is 11.3 Å². The van der Waals surface area contributed by atoms with Gasteiger partial charge in [-0.2, -0.15) is 0 Å². The van der Waals surface area contributed by atoms with E-state index in [4.69, 9.17) is 22.1 Å². The van der Waals surface area contributed by atoms with Gasteiger partial charge in [0, 0.05) is 28.1 Å². The van der Waals surface area contributed by atoms with Gasteiger partial charge in [-0.05, 0) is 40.2 Å². The zero-order valence-electron chi connectivity index (χ0n) is 9.77. The molecule has 0 fully saturated rings. The Morgan fingerprint density at radius 1 is 1.37 bits per heavy atom. The summed E-state index contributed by atoms with van der Waals surface area (Å²) >= 11 is 9.23. The molecule has 1 aromatic carbocycles. The number of esters is 1. The topological polar surface area (TPSA) is 65.2 Å². The van der Waals surface area contributed by atoms with Crippen LogP contribution < -0.4 is 5.73 Å². The van der Waals surface area contributed by atoms with Crippen LogP contribution >= 0.6 is 27.5 Å². The SMILES string of the molecule is Nc1ccc(C(=O)OCc2cncc(Br)c2)c(Cl)c1. The highest BCUT2D eigenvalue weighted by atomic mass is 79.9. The molecule has 0 aliphatic rings. The summed E-state index contributed by atoms with van der Waals surface area (Å²) in [5.74, 6) is -0.495. The van der Waals surface area contributed by atoms with Gasteiger partial charge in [-0.1, -0.05) is 11.6 Å². The summed E-state index contributed by atoms with van der Waals surface area (Å²) in [6.45, 7) is 0.131. The quantitative estimate of drug-likeness (QED) is 0.686. The van der Waals surface area contributed by atoms with Crippen LogP contribution in [-0.4, -0.2) is 11.0 Å². The molecule has 2 rings (SSSR count). The molecular formula is C13H10BrClN2O2. The zero-order chi connectivity index (χ0) is 13.8. The monoisotopic (exact) mass is 340 g/mol. The predicted molar refractivity (Wildman–Crippen MR) is 76.9 cm³/mol. The molecule has 0 aliphatic heterocycles. The molecule has 0 spiro atoms. The van der Waals surface area contributed by atoms with Gasteiger partial charge in [-0.3, -0.25) is 4.98 Å². The molecule has 0 bridgehead atoms. The van der Waals surface area contributed by atoms with E-state index >= 15 is 0 Å². The number of pyridine rings is 1. The number of aromatic nitrogens is 1. The molecule has 0 unspecified atom stereocenters. The van der Waals surface area contributed by atoms with Gasteiger partial charge in [0.15, 0.2) is 0 Å². The first-order valence-corrected chi connectivity index (χ1v) is 6.55. The fourth-order valence-corrected chi connectivity index (χ4v) is 2.14. The van der Waals surface area contributed by atoms with Crippen molar-refractivity contribution in [3.05, 3.63) is 57.3 Å². The molecule has 6 heteroatoms. The second kappa shape index (κ2) is 6.04. The number of hydrogen-bond acceptors (Lipinski definition) is 4. The Hall–Kier alpha value is -1.59. The van der Waals surface area contributed by atoms with E-state index in [9.17, 15) is 4.79 Å². The number of nitrogens with zero attached hydrogens (tertiary/aromatic N) is 1. The molecule has 98 valence electrons. The highest BCUT2D eigenvalue weighted by Gasteiger charge is 2.12. The van der Waals surface area contributed by atoms with Crippen LogP contribution in [0.2, 0.25) is 5.02 Å². The lowest BCUT2D eigenvalue weighted by atomic mass is 10.2. The van der Waals surface area contributed by atoms with Gasteiger partial charge in [0.2, 0.25) is 0 Å². The summed E-state index contributed by atoms with van der Waals surface area (Å²) in [6.07, 6.45) is 3.28. The van der Waals surface area contributed by atoms with Gasteiger partial charge in [-0.15, -0.1) is 0 Å². The van der Waals surface area contributed by atoms with E-state index in [2.05, 4.69) is 20.9 Å². The Kier molecular flexibility index (Phi) is 4.39. The first-order valence-electron chi connectivity index (χ1n) is 5.38. The summed E-state index contributed by atoms with van der Waals surface area (Å²) < 4.78 is 5.99.